The molecule has 2 aromatic rings. The lowest BCUT2D eigenvalue weighted by Gasteiger charge is -2.09. The highest BCUT2D eigenvalue weighted by molar-refractivity contribution is 6.35. The number of benzene rings is 2. The van der Waals surface area contributed by atoms with E-state index in [1.165, 1.54) is 6.07 Å². The Balaban J connectivity index is 1.89. The molecule has 0 aliphatic carbocycles. The van der Waals surface area contributed by atoms with Crippen molar-refractivity contribution in [1.82, 2.24) is 0 Å². The Bertz CT molecular complexity index is 733. The summed E-state index contributed by atoms with van der Waals surface area (Å²) in [7, 11) is 0. The molecule has 126 valence electrons. The van der Waals surface area contributed by atoms with Crippen LogP contribution in [0.25, 0.3) is 0 Å². The van der Waals surface area contributed by atoms with Gasteiger partial charge in [-0.05, 0) is 49.4 Å². The van der Waals surface area contributed by atoms with Crippen molar-refractivity contribution in [3.8, 4) is 5.75 Å². The van der Waals surface area contributed by atoms with Gasteiger partial charge in [0.1, 0.15) is 12.2 Å². The van der Waals surface area contributed by atoms with Crippen molar-refractivity contribution in [2.24, 2.45) is 0 Å². The Morgan fingerprint density at radius 1 is 1.00 bits per heavy atom. The standard InChI is InChI=1S/C17H16Cl2N2O3/c1-2-24-13-6-4-12(5-7-13)20-16(22)10-17(23)21-15-9-11(18)3-8-14(15)19/h3-9H,2,10H2,1H3,(H,20,22)(H,21,23). The van der Waals surface area contributed by atoms with Crippen molar-refractivity contribution in [1.29, 1.82) is 0 Å². The zero-order valence-electron chi connectivity index (χ0n) is 12.9. The van der Waals surface area contributed by atoms with Gasteiger partial charge in [-0.15, -0.1) is 0 Å². The van der Waals surface area contributed by atoms with Crippen molar-refractivity contribution in [2.75, 3.05) is 17.2 Å². The fraction of sp³-hybridized carbons (Fsp3) is 0.176. The Labute approximate surface area is 149 Å². The molecule has 0 unspecified atom stereocenters. The van der Waals surface area contributed by atoms with Crippen LogP contribution in [0.5, 0.6) is 5.75 Å². The van der Waals surface area contributed by atoms with Gasteiger partial charge in [0, 0.05) is 10.7 Å². The summed E-state index contributed by atoms with van der Waals surface area (Å²) in [6.07, 6.45) is -0.337. The van der Waals surface area contributed by atoms with Gasteiger partial charge in [-0.1, -0.05) is 23.2 Å². The minimum absolute atomic E-state index is 0.337. The third-order valence-electron chi connectivity index (χ3n) is 2.97. The summed E-state index contributed by atoms with van der Waals surface area (Å²) >= 11 is 11.8. The summed E-state index contributed by atoms with van der Waals surface area (Å²) in [6.45, 7) is 2.46. The fourth-order valence-corrected chi connectivity index (χ4v) is 2.28. The topological polar surface area (TPSA) is 67.4 Å². The van der Waals surface area contributed by atoms with Crippen LogP contribution in [0, 0.1) is 0 Å². The molecule has 0 spiro atoms. The number of carbonyl (C=O) groups is 2. The van der Waals surface area contributed by atoms with E-state index in [-0.39, 0.29) is 6.42 Å². The van der Waals surface area contributed by atoms with Gasteiger partial charge in [-0.2, -0.15) is 0 Å². The predicted molar refractivity (Wildman–Crippen MR) is 95.9 cm³/mol. The summed E-state index contributed by atoms with van der Waals surface area (Å²) in [6, 6.07) is 11.6. The van der Waals surface area contributed by atoms with Crippen LogP contribution >= 0.6 is 23.2 Å². The molecule has 2 amide bonds. The highest BCUT2D eigenvalue weighted by atomic mass is 35.5. The molecule has 0 saturated carbocycles. The van der Waals surface area contributed by atoms with Crippen LogP contribution in [-0.4, -0.2) is 18.4 Å². The lowest BCUT2D eigenvalue weighted by atomic mass is 10.2. The van der Waals surface area contributed by atoms with Gasteiger partial charge in [0.05, 0.1) is 17.3 Å². The van der Waals surface area contributed by atoms with E-state index in [0.29, 0.717) is 33.8 Å². The monoisotopic (exact) mass is 366 g/mol. The molecule has 0 radical (unpaired) electrons. The number of ether oxygens (including phenoxy) is 1. The molecule has 0 aromatic heterocycles. The Hall–Kier alpha value is -2.24. The molecule has 0 saturated heterocycles. The van der Waals surface area contributed by atoms with E-state index >= 15 is 0 Å². The zero-order valence-corrected chi connectivity index (χ0v) is 14.4. The number of rotatable bonds is 6. The summed E-state index contributed by atoms with van der Waals surface area (Å²) in [5.74, 6) is -0.207. The van der Waals surface area contributed by atoms with E-state index in [9.17, 15) is 9.59 Å². The van der Waals surface area contributed by atoms with E-state index in [1.807, 2.05) is 6.92 Å². The highest BCUT2D eigenvalue weighted by Gasteiger charge is 2.12. The number of amides is 2. The largest absolute Gasteiger partial charge is 0.494 e. The summed E-state index contributed by atoms with van der Waals surface area (Å²) < 4.78 is 5.32. The second-order valence-electron chi connectivity index (χ2n) is 4.85. The normalized spacial score (nSPS) is 10.1. The summed E-state index contributed by atoms with van der Waals surface area (Å²) in [5, 5.41) is 5.98. The van der Waals surface area contributed by atoms with Crippen LogP contribution < -0.4 is 15.4 Å². The second kappa shape index (κ2) is 8.57. The lowest BCUT2D eigenvalue weighted by molar-refractivity contribution is -0.123. The van der Waals surface area contributed by atoms with Crippen LogP contribution in [0.1, 0.15) is 13.3 Å². The molecular weight excluding hydrogens is 351 g/mol. The Morgan fingerprint density at radius 3 is 2.33 bits per heavy atom. The maximum absolute atomic E-state index is 11.9. The number of hydrogen-bond acceptors (Lipinski definition) is 3. The smallest absolute Gasteiger partial charge is 0.233 e. The number of hydrogen-bond donors (Lipinski definition) is 2. The molecule has 0 bridgehead atoms. The van der Waals surface area contributed by atoms with Crippen LogP contribution in [0.2, 0.25) is 10.0 Å². The van der Waals surface area contributed by atoms with E-state index in [2.05, 4.69) is 10.6 Å². The van der Waals surface area contributed by atoms with Crippen LogP contribution in [-0.2, 0) is 9.59 Å². The maximum atomic E-state index is 11.9. The Kier molecular flexibility index (Phi) is 6.46. The van der Waals surface area contributed by atoms with Gasteiger partial charge >= 0.3 is 0 Å². The third-order valence-corrected chi connectivity index (χ3v) is 3.54. The second-order valence-corrected chi connectivity index (χ2v) is 5.70. The molecule has 0 heterocycles. The molecule has 0 aliphatic heterocycles. The number of nitrogens with one attached hydrogen (secondary N) is 2. The van der Waals surface area contributed by atoms with Crippen LogP contribution in [0.3, 0.4) is 0 Å². The van der Waals surface area contributed by atoms with Crippen LogP contribution in [0.15, 0.2) is 42.5 Å². The summed E-state index contributed by atoms with van der Waals surface area (Å²) in [4.78, 5) is 23.8. The van der Waals surface area contributed by atoms with Gasteiger partial charge in [0.2, 0.25) is 11.8 Å². The maximum Gasteiger partial charge on any atom is 0.233 e. The number of carbonyl (C=O) groups excluding carboxylic acids is 2. The van der Waals surface area contributed by atoms with Gasteiger partial charge in [0.15, 0.2) is 0 Å². The first-order valence-electron chi connectivity index (χ1n) is 7.25. The highest BCUT2D eigenvalue weighted by Crippen LogP contribution is 2.25. The molecule has 0 fully saturated rings. The predicted octanol–water partition coefficient (Wildman–Crippen LogP) is 4.36. The van der Waals surface area contributed by atoms with E-state index in [1.54, 1.807) is 36.4 Å². The summed E-state index contributed by atoms with van der Waals surface area (Å²) in [5.41, 5.74) is 0.945. The molecule has 5 nitrogen and oxygen atoms in total. The van der Waals surface area contributed by atoms with E-state index in [0.717, 1.165) is 0 Å². The molecule has 0 atom stereocenters. The zero-order chi connectivity index (χ0) is 17.5. The van der Waals surface area contributed by atoms with Crippen molar-refractivity contribution in [2.45, 2.75) is 13.3 Å². The fourth-order valence-electron chi connectivity index (χ4n) is 1.94. The van der Waals surface area contributed by atoms with Crippen molar-refractivity contribution >= 4 is 46.4 Å². The van der Waals surface area contributed by atoms with Gasteiger partial charge in [0.25, 0.3) is 0 Å². The first kappa shape index (κ1) is 18.1. The number of anilines is 2. The lowest BCUT2D eigenvalue weighted by Crippen LogP contribution is -2.21. The van der Waals surface area contributed by atoms with E-state index in [4.69, 9.17) is 27.9 Å². The molecule has 24 heavy (non-hydrogen) atoms. The van der Waals surface area contributed by atoms with Crippen molar-refractivity contribution in [3.05, 3.63) is 52.5 Å². The molecule has 2 aromatic carbocycles. The Morgan fingerprint density at radius 2 is 1.67 bits per heavy atom. The minimum atomic E-state index is -0.484. The van der Waals surface area contributed by atoms with E-state index < -0.39 is 11.8 Å². The first-order chi connectivity index (χ1) is 11.5. The average molecular weight is 367 g/mol. The molecule has 0 aliphatic rings. The van der Waals surface area contributed by atoms with Gasteiger partial charge < -0.3 is 15.4 Å². The molecule has 2 N–H and O–H groups in total. The quantitative estimate of drug-likeness (QED) is 0.746. The number of halogens is 2. The van der Waals surface area contributed by atoms with Gasteiger partial charge in [-0.25, -0.2) is 0 Å². The SMILES string of the molecule is CCOc1ccc(NC(=O)CC(=O)Nc2cc(Cl)ccc2Cl)cc1. The minimum Gasteiger partial charge on any atom is -0.494 e. The average Bonchev–Trinajstić information content (AvgIpc) is 2.53. The first-order valence-corrected chi connectivity index (χ1v) is 8.01. The van der Waals surface area contributed by atoms with Crippen LogP contribution in [0.4, 0.5) is 11.4 Å². The molecular formula is C17H16Cl2N2O3. The van der Waals surface area contributed by atoms with Gasteiger partial charge in [-0.3, -0.25) is 9.59 Å². The van der Waals surface area contributed by atoms with Crippen molar-refractivity contribution < 1.29 is 14.3 Å². The van der Waals surface area contributed by atoms with Crippen molar-refractivity contribution in [3.63, 3.8) is 0 Å². The molecule has 2 rings (SSSR count). The third kappa shape index (κ3) is 5.44. The molecule has 7 heteroatoms.